The fourth-order valence-corrected chi connectivity index (χ4v) is 4.32. The van der Waals surface area contributed by atoms with Crippen molar-refractivity contribution in [2.24, 2.45) is 0 Å². The van der Waals surface area contributed by atoms with Crippen molar-refractivity contribution in [3.05, 3.63) is 70.3 Å². The standard InChI is InChI=1S/C21H20ClNO5S/c1-29(26,27)23-11-3-5-16-13-17(8-9-19(16)23)20(24)14-28-21(25)10-7-15-4-2-6-18(22)12-15/h2,4,6-10,12-13H,3,5,11,14H2,1H3/b10-7+. The Bertz CT molecular complexity index is 1080. The Labute approximate surface area is 174 Å². The van der Waals surface area contributed by atoms with E-state index in [-0.39, 0.29) is 5.78 Å². The van der Waals surface area contributed by atoms with E-state index in [4.69, 9.17) is 16.3 Å². The minimum Gasteiger partial charge on any atom is -0.454 e. The van der Waals surface area contributed by atoms with Crippen molar-refractivity contribution in [1.82, 2.24) is 0 Å². The van der Waals surface area contributed by atoms with Crippen LogP contribution in [0.25, 0.3) is 6.08 Å². The van der Waals surface area contributed by atoms with Crippen LogP contribution < -0.4 is 4.31 Å². The van der Waals surface area contributed by atoms with Crippen LogP contribution in [0.1, 0.15) is 27.9 Å². The number of halogens is 1. The van der Waals surface area contributed by atoms with Gasteiger partial charge in [-0.05, 0) is 60.4 Å². The molecule has 3 rings (SSSR count). The van der Waals surface area contributed by atoms with Crippen LogP contribution in [0.3, 0.4) is 0 Å². The van der Waals surface area contributed by atoms with Crippen LogP contribution >= 0.6 is 11.6 Å². The Morgan fingerprint density at radius 3 is 2.72 bits per heavy atom. The Hall–Kier alpha value is -2.64. The van der Waals surface area contributed by atoms with Crippen molar-refractivity contribution >= 4 is 45.1 Å². The number of ketones is 1. The van der Waals surface area contributed by atoms with Crippen molar-refractivity contribution in [3.63, 3.8) is 0 Å². The zero-order valence-corrected chi connectivity index (χ0v) is 17.4. The van der Waals surface area contributed by atoms with Gasteiger partial charge in [0.25, 0.3) is 0 Å². The number of nitrogens with zero attached hydrogens (tertiary/aromatic N) is 1. The number of aryl methyl sites for hydroxylation is 1. The Morgan fingerprint density at radius 2 is 2.00 bits per heavy atom. The quantitative estimate of drug-likeness (QED) is 0.395. The van der Waals surface area contributed by atoms with Crippen molar-refractivity contribution in [3.8, 4) is 0 Å². The number of hydrogen-bond acceptors (Lipinski definition) is 5. The molecule has 0 bridgehead atoms. The largest absolute Gasteiger partial charge is 0.454 e. The second-order valence-corrected chi connectivity index (χ2v) is 9.04. The molecule has 8 heteroatoms. The van der Waals surface area contributed by atoms with E-state index in [2.05, 4.69) is 0 Å². The molecular weight excluding hydrogens is 414 g/mol. The zero-order valence-electron chi connectivity index (χ0n) is 15.8. The zero-order chi connectivity index (χ0) is 21.0. The van der Waals surface area contributed by atoms with Gasteiger partial charge in [-0.15, -0.1) is 0 Å². The van der Waals surface area contributed by atoms with Gasteiger partial charge in [-0.2, -0.15) is 0 Å². The van der Waals surface area contributed by atoms with Gasteiger partial charge in [-0.25, -0.2) is 13.2 Å². The maximum atomic E-state index is 12.4. The SMILES string of the molecule is CS(=O)(=O)N1CCCc2cc(C(=O)COC(=O)/C=C/c3cccc(Cl)c3)ccc21. The van der Waals surface area contributed by atoms with Gasteiger partial charge in [0.15, 0.2) is 12.4 Å². The van der Waals surface area contributed by atoms with Gasteiger partial charge in [0.2, 0.25) is 10.0 Å². The fraction of sp³-hybridized carbons (Fsp3) is 0.238. The van der Waals surface area contributed by atoms with Crippen LogP contribution in [0.2, 0.25) is 5.02 Å². The van der Waals surface area contributed by atoms with E-state index in [1.165, 1.54) is 10.4 Å². The smallest absolute Gasteiger partial charge is 0.331 e. The van der Waals surface area contributed by atoms with Gasteiger partial charge in [-0.3, -0.25) is 9.10 Å². The molecule has 152 valence electrons. The molecule has 1 aliphatic heterocycles. The number of ether oxygens (including phenoxy) is 1. The molecule has 0 unspecified atom stereocenters. The second-order valence-electron chi connectivity index (χ2n) is 6.70. The van der Waals surface area contributed by atoms with Gasteiger partial charge < -0.3 is 4.74 Å². The number of hydrogen-bond donors (Lipinski definition) is 0. The van der Waals surface area contributed by atoms with E-state index < -0.39 is 22.6 Å². The van der Waals surface area contributed by atoms with Gasteiger partial charge in [0.1, 0.15) is 0 Å². The predicted octanol–water partition coefficient (Wildman–Crippen LogP) is 3.49. The topological polar surface area (TPSA) is 80.8 Å². The number of anilines is 1. The fourth-order valence-electron chi connectivity index (χ4n) is 3.12. The molecule has 0 spiro atoms. The molecule has 0 saturated heterocycles. The van der Waals surface area contributed by atoms with E-state index >= 15 is 0 Å². The second kappa shape index (κ2) is 8.80. The number of carbonyl (C=O) groups is 2. The molecule has 2 aromatic carbocycles. The Morgan fingerprint density at radius 1 is 1.21 bits per heavy atom. The first-order chi connectivity index (χ1) is 13.7. The van der Waals surface area contributed by atoms with Gasteiger partial charge in [0.05, 0.1) is 11.9 Å². The third-order valence-corrected chi connectivity index (χ3v) is 5.90. The highest BCUT2D eigenvalue weighted by molar-refractivity contribution is 7.92. The van der Waals surface area contributed by atoms with Crippen LogP contribution in [-0.2, 0) is 26.0 Å². The van der Waals surface area contributed by atoms with Crippen LogP contribution in [-0.4, -0.2) is 39.6 Å². The van der Waals surface area contributed by atoms with E-state index in [1.54, 1.807) is 48.5 Å². The molecule has 0 aliphatic carbocycles. The number of sulfonamides is 1. The average Bonchev–Trinajstić information content (AvgIpc) is 2.69. The lowest BCUT2D eigenvalue weighted by Gasteiger charge is -2.29. The number of fused-ring (bicyclic) bond motifs is 1. The van der Waals surface area contributed by atoms with E-state index in [0.717, 1.165) is 17.4 Å². The number of rotatable bonds is 6. The third kappa shape index (κ3) is 5.46. The van der Waals surface area contributed by atoms with Crippen molar-refractivity contribution in [2.45, 2.75) is 12.8 Å². The molecule has 0 aromatic heterocycles. The molecule has 1 aliphatic rings. The third-order valence-electron chi connectivity index (χ3n) is 4.48. The summed E-state index contributed by atoms with van der Waals surface area (Å²) in [6.07, 6.45) is 5.32. The summed E-state index contributed by atoms with van der Waals surface area (Å²) in [7, 11) is -3.36. The van der Waals surface area contributed by atoms with Crippen LogP contribution in [0.5, 0.6) is 0 Å². The first-order valence-electron chi connectivity index (χ1n) is 8.98. The lowest BCUT2D eigenvalue weighted by atomic mass is 9.99. The van der Waals surface area contributed by atoms with Gasteiger partial charge >= 0.3 is 5.97 Å². The number of Topliss-reactive ketones (excluding diaryl/α,β-unsaturated/α-hetero) is 1. The summed E-state index contributed by atoms with van der Waals surface area (Å²) in [5, 5.41) is 0.553. The number of esters is 1. The highest BCUT2D eigenvalue weighted by atomic mass is 35.5. The van der Waals surface area contributed by atoms with Crippen molar-refractivity contribution in [2.75, 3.05) is 23.7 Å². The monoisotopic (exact) mass is 433 g/mol. The predicted molar refractivity (Wildman–Crippen MR) is 113 cm³/mol. The van der Waals surface area contributed by atoms with Crippen molar-refractivity contribution in [1.29, 1.82) is 0 Å². The van der Waals surface area contributed by atoms with E-state index in [0.29, 0.717) is 35.7 Å². The maximum absolute atomic E-state index is 12.4. The molecule has 2 aromatic rings. The summed E-state index contributed by atoms with van der Waals surface area (Å²) in [5.74, 6) is -0.992. The van der Waals surface area contributed by atoms with Gasteiger partial charge in [0, 0.05) is 23.2 Å². The number of carbonyl (C=O) groups excluding carboxylic acids is 2. The van der Waals surface area contributed by atoms with Crippen molar-refractivity contribution < 1.29 is 22.7 Å². The van der Waals surface area contributed by atoms with Crippen LogP contribution in [0, 0.1) is 0 Å². The Balaban J connectivity index is 1.63. The van der Waals surface area contributed by atoms with Gasteiger partial charge in [-0.1, -0.05) is 23.7 Å². The minimum absolute atomic E-state index is 0.353. The lowest BCUT2D eigenvalue weighted by Crippen LogP contribution is -2.34. The average molecular weight is 434 g/mol. The first kappa shape index (κ1) is 21.1. The summed E-state index contributed by atoms with van der Waals surface area (Å²) >= 11 is 5.88. The van der Waals surface area contributed by atoms with E-state index in [9.17, 15) is 18.0 Å². The molecular formula is C21H20ClNO5S. The molecule has 0 saturated carbocycles. The molecule has 6 nitrogen and oxygen atoms in total. The molecule has 0 atom stereocenters. The summed E-state index contributed by atoms with van der Waals surface area (Å²) < 4.78 is 30.2. The normalized spacial score (nSPS) is 13.9. The van der Waals surface area contributed by atoms with Crippen LogP contribution in [0.4, 0.5) is 5.69 Å². The molecule has 0 fully saturated rings. The highest BCUT2D eigenvalue weighted by Gasteiger charge is 2.24. The molecule has 0 N–H and O–H groups in total. The molecule has 1 heterocycles. The lowest BCUT2D eigenvalue weighted by molar-refractivity contribution is -0.136. The minimum atomic E-state index is -3.36. The maximum Gasteiger partial charge on any atom is 0.331 e. The summed E-state index contributed by atoms with van der Waals surface area (Å²) in [5.41, 5.74) is 2.51. The Kier molecular flexibility index (Phi) is 6.39. The number of benzene rings is 2. The molecule has 0 amide bonds. The summed E-state index contributed by atoms with van der Waals surface area (Å²) in [6.45, 7) is 0.0308. The summed E-state index contributed by atoms with van der Waals surface area (Å²) in [4.78, 5) is 24.2. The molecule has 0 radical (unpaired) electrons. The highest BCUT2D eigenvalue weighted by Crippen LogP contribution is 2.30. The van der Waals surface area contributed by atoms with E-state index in [1.807, 2.05) is 0 Å². The first-order valence-corrected chi connectivity index (χ1v) is 11.2. The summed E-state index contributed by atoms with van der Waals surface area (Å²) in [6, 6.07) is 11.8. The molecule has 29 heavy (non-hydrogen) atoms. The van der Waals surface area contributed by atoms with Crippen LogP contribution in [0.15, 0.2) is 48.5 Å².